The van der Waals surface area contributed by atoms with Crippen LogP contribution in [0.5, 0.6) is 0 Å². The number of aryl methyl sites for hydroxylation is 1. The summed E-state index contributed by atoms with van der Waals surface area (Å²) in [5.74, 6) is 2.55. The van der Waals surface area contributed by atoms with E-state index in [2.05, 4.69) is 54.1 Å². The SMILES string of the molecule is Cc1nn(C(C)C)c(C)c1CN1CCSCC1. The molecule has 0 aliphatic carbocycles. The summed E-state index contributed by atoms with van der Waals surface area (Å²) in [5.41, 5.74) is 3.98. The molecule has 1 aliphatic heterocycles. The van der Waals surface area contributed by atoms with Gasteiger partial charge in [-0.25, -0.2) is 0 Å². The second kappa shape index (κ2) is 5.44. The molecule has 96 valence electrons. The molecule has 0 amide bonds. The minimum Gasteiger partial charge on any atom is -0.297 e. The van der Waals surface area contributed by atoms with Gasteiger partial charge in [-0.15, -0.1) is 0 Å². The summed E-state index contributed by atoms with van der Waals surface area (Å²) in [6, 6.07) is 0.458. The third-order valence-corrected chi connectivity index (χ3v) is 4.39. The van der Waals surface area contributed by atoms with Gasteiger partial charge < -0.3 is 0 Å². The Balaban J connectivity index is 2.14. The van der Waals surface area contributed by atoms with Crippen LogP contribution >= 0.6 is 11.8 Å². The van der Waals surface area contributed by atoms with Gasteiger partial charge in [0.2, 0.25) is 0 Å². The Labute approximate surface area is 109 Å². The van der Waals surface area contributed by atoms with Crippen molar-refractivity contribution in [3.05, 3.63) is 17.0 Å². The molecule has 0 bridgehead atoms. The van der Waals surface area contributed by atoms with Crippen molar-refractivity contribution in [2.45, 2.75) is 40.3 Å². The van der Waals surface area contributed by atoms with Crippen molar-refractivity contribution in [2.24, 2.45) is 0 Å². The Morgan fingerprint density at radius 3 is 2.41 bits per heavy atom. The molecule has 2 heterocycles. The van der Waals surface area contributed by atoms with E-state index in [9.17, 15) is 0 Å². The van der Waals surface area contributed by atoms with Crippen molar-refractivity contribution in [2.75, 3.05) is 24.6 Å². The zero-order valence-electron chi connectivity index (χ0n) is 11.4. The first-order valence-electron chi connectivity index (χ1n) is 6.44. The molecule has 0 aromatic carbocycles. The Morgan fingerprint density at radius 2 is 1.88 bits per heavy atom. The lowest BCUT2D eigenvalue weighted by Gasteiger charge is -2.26. The summed E-state index contributed by atoms with van der Waals surface area (Å²) in [4.78, 5) is 2.55. The summed E-state index contributed by atoms with van der Waals surface area (Å²) in [5, 5.41) is 4.66. The van der Waals surface area contributed by atoms with E-state index in [1.54, 1.807) is 0 Å². The molecular weight excluding hydrogens is 230 g/mol. The summed E-state index contributed by atoms with van der Waals surface area (Å²) in [7, 11) is 0. The standard InChI is InChI=1S/C13H23N3S/c1-10(2)16-12(4)13(11(3)14-16)9-15-5-7-17-8-6-15/h10H,5-9H2,1-4H3. The molecule has 2 rings (SSSR count). The highest BCUT2D eigenvalue weighted by Crippen LogP contribution is 2.20. The van der Waals surface area contributed by atoms with E-state index in [4.69, 9.17) is 0 Å². The molecule has 1 aromatic heterocycles. The fourth-order valence-electron chi connectivity index (χ4n) is 2.41. The summed E-state index contributed by atoms with van der Waals surface area (Å²) < 4.78 is 2.16. The molecule has 1 fully saturated rings. The highest BCUT2D eigenvalue weighted by Gasteiger charge is 2.17. The van der Waals surface area contributed by atoms with Crippen LogP contribution in [0.25, 0.3) is 0 Å². The van der Waals surface area contributed by atoms with E-state index in [1.807, 2.05) is 0 Å². The largest absolute Gasteiger partial charge is 0.297 e. The number of thioether (sulfide) groups is 1. The van der Waals surface area contributed by atoms with E-state index in [1.165, 1.54) is 41.5 Å². The van der Waals surface area contributed by atoms with Crippen LogP contribution in [0.4, 0.5) is 0 Å². The molecule has 17 heavy (non-hydrogen) atoms. The maximum atomic E-state index is 4.66. The zero-order valence-corrected chi connectivity index (χ0v) is 12.2. The third-order valence-electron chi connectivity index (χ3n) is 3.45. The first-order chi connectivity index (χ1) is 8.09. The van der Waals surface area contributed by atoms with Gasteiger partial charge in [0.1, 0.15) is 0 Å². The normalized spacial score (nSPS) is 17.9. The number of hydrogen-bond acceptors (Lipinski definition) is 3. The summed E-state index contributed by atoms with van der Waals surface area (Å²) in [6.07, 6.45) is 0. The molecule has 0 N–H and O–H groups in total. The molecule has 0 radical (unpaired) electrons. The van der Waals surface area contributed by atoms with Crippen molar-refractivity contribution >= 4 is 11.8 Å². The number of aromatic nitrogens is 2. The van der Waals surface area contributed by atoms with Gasteiger partial charge in [-0.3, -0.25) is 9.58 Å². The van der Waals surface area contributed by atoms with Gasteiger partial charge in [-0.05, 0) is 27.7 Å². The summed E-state index contributed by atoms with van der Waals surface area (Å²) in [6.45, 7) is 12.2. The summed E-state index contributed by atoms with van der Waals surface area (Å²) >= 11 is 2.07. The third kappa shape index (κ3) is 2.86. The van der Waals surface area contributed by atoms with Crippen LogP contribution in [0.15, 0.2) is 0 Å². The lowest BCUT2D eigenvalue weighted by atomic mass is 10.2. The minimum absolute atomic E-state index is 0.458. The van der Waals surface area contributed by atoms with Crippen LogP contribution in [0.1, 0.15) is 36.8 Å². The van der Waals surface area contributed by atoms with Gasteiger partial charge in [-0.2, -0.15) is 16.9 Å². The van der Waals surface area contributed by atoms with Crippen LogP contribution in [-0.4, -0.2) is 39.3 Å². The van der Waals surface area contributed by atoms with Crippen LogP contribution in [0, 0.1) is 13.8 Å². The van der Waals surface area contributed by atoms with E-state index in [-0.39, 0.29) is 0 Å². The highest BCUT2D eigenvalue weighted by atomic mass is 32.2. The first kappa shape index (κ1) is 13.0. The molecule has 0 saturated carbocycles. The van der Waals surface area contributed by atoms with Crippen molar-refractivity contribution in [3.8, 4) is 0 Å². The lowest BCUT2D eigenvalue weighted by molar-refractivity contribution is 0.293. The zero-order chi connectivity index (χ0) is 12.4. The van der Waals surface area contributed by atoms with Gasteiger partial charge in [0.25, 0.3) is 0 Å². The number of nitrogens with zero attached hydrogens (tertiary/aromatic N) is 3. The average Bonchev–Trinajstić information content (AvgIpc) is 2.58. The Bertz CT molecular complexity index is 378. The topological polar surface area (TPSA) is 21.1 Å². The van der Waals surface area contributed by atoms with Gasteiger partial charge in [0.05, 0.1) is 5.69 Å². The second-order valence-electron chi connectivity index (χ2n) is 5.08. The van der Waals surface area contributed by atoms with E-state index in [0.717, 1.165) is 6.54 Å². The Morgan fingerprint density at radius 1 is 1.24 bits per heavy atom. The fraction of sp³-hybridized carbons (Fsp3) is 0.769. The van der Waals surface area contributed by atoms with Gasteiger partial charge in [0, 0.05) is 48.4 Å². The van der Waals surface area contributed by atoms with E-state index < -0.39 is 0 Å². The van der Waals surface area contributed by atoms with Crippen molar-refractivity contribution in [3.63, 3.8) is 0 Å². The molecule has 0 unspecified atom stereocenters. The van der Waals surface area contributed by atoms with Crippen LogP contribution < -0.4 is 0 Å². The fourth-order valence-corrected chi connectivity index (χ4v) is 3.39. The maximum Gasteiger partial charge on any atom is 0.0641 e. The monoisotopic (exact) mass is 253 g/mol. The van der Waals surface area contributed by atoms with Gasteiger partial charge in [0.15, 0.2) is 0 Å². The molecule has 0 atom stereocenters. The Hall–Kier alpha value is -0.480. The van der Waals surface area contributed by atoms with E-state index >= 15 is 0 Å². The van der Waals surface area contributed by atoms with E-state index in [0.29, 0.717) is 6.04 Å². The number of rotatable bonds is 3. The highest BCUT2D eigenvalue weighted by molar-refractivity contribution is 7.99. The van der Waals surface area contributed by atoms with Crippen molar-refractivity contribution < 1.29 is 0 Å². The van der Waals surface area contributed by atoms with Crippen molar-refractivity contribution in [1.82, 2.24) is 14.7 Å². The average molecular weight is 253 g/mol. The number of hydrogen-bond donors (Lipinski definition) is 0. The molecule has 3 nitrogen and oxygen atoms in total. The molecule has 1 aromatic rings. The Kier molecular flexibility index (Phi) is 4.15. The van der Waals surface area contributed by atoms with Crippen LogP contribution in [-0.2, 0) is 6.54 Å². The van der Waals surface area contributed by atoms with Gasteiger partial charge in [-0.1, -0.05) is 0 Å². The first-order valence-corrected chi connectivity index (χ1v) is 7.59. The van der Waals surface area contributed by atoms with Crippen molar-refractivity contribution in [1.29, 1.82) is 0 Å². The van der Waals surface area contributed by atoms with Crippen LogP contribution in [0.2, 0.25) is 0 Å². The molecule has 0 spiro atoms. The molecule has 1 aliphatic rings. The quantitative estimate of drug-likeness (QED) is 0.826. The maximum absolute atomic E-state index is 4.66. The molecule has 4 heteroatoms. The predicted molar refractivity (Wildman–Crippen MR) is 74.7 cm³/mol. The molecular formula is C13H23N3S. The van der Waals surface area contributed by atoms with Gasteiger partial charge >= 0.3 is 0 Å². The predicted octanol–water partition coefficient (Wildman–Crippen LogP) is 2.63. The molecule has 1 saturated heterocycles. The second-order valence-corrected chi connectivity index (χ2v) is 6.30. The van der Waals surface area contributed by atoms with Crippen LogP contribution in [0.3, 0.4) is 0 Å². The lowest BCUT2D eigenvalue weighted by Crippen LogP contribution is -2.32. The minimum atomic E-state index is 0.458. The smallest absolute Gasteiger partial charge is 0.0641 e.